The molecule has 1 aromatic rings. The van der Waals surface area contributed by atoms with Gasteiger partial charge in [0, 0.05) is 12.1 Å². The average Bonchev–Trinajstić information content (AvgIpc) is 2.44. The first-order chi connectivity index (χ1) is 10.2. The number of hydrogen-bond acceptors (Lipinski definition) is 4. The second kappa shape index (κ2) is 7.37. The van der Waals surface area contributed by atoms with Crippen LogP contribution in [-0.2, 0) is 19.6 Å². The quantitative estimate of drug-likeness (QED) is 0.701. The number of aliphatic carboxylic acids is 1. The van der Waals surface area contributed by atoms with E-state index in [1.165, 1.54) is 24.3 Å². The number of anilines is 1. The Morgan fingerprint density at radius 1 is 1.18 bits per heavy atom. The van der Waals surface area contributed by atoms with Crippen LogP contribution in [-0.4, -0.2) is 31.4 Å². The average molecular weight is 328 g/mol. The van der Waals surface area contributed by atoms with Crippen molar-refractivity contribution in [2.45, 2.75) is 38.1 Å². The fourth-order valence-electron chi connectivity index (χ4n) is 1.67. The molecule has 0 aliphatic rings. The molecule has 0 radical (unpaired) electrons. The van der Waals surface area contributed by atoms with E-state index < -0.39 is 28.0 Å². The predicted octanol–water partition coefficient (Wildman–Crippen LogP) is 1.42. The Balaban J connectivity index is 2.94. The van der Waals surface area contributed by atoms with Crippen LogP contribution in [0.3, 0.4) is 0 Å². The molecule has 1 amide bonds. The van der Waals surface area contributed by atoms with E-state index in [-0.39, 0.29) is 10.8 Å². The predicted molar refractivity (Wildman–Crippen MR) is 81.9 cm³/mol. The highest BCUT2D eigenvalue weighted by atomic mass is 32.2. The molecule has 22 heavy (non-hydrogen) atoms. The van der Waals surface area contributed by atoms with Crippen molar-refractivity contribution in [3.8, 4) is 0 Å². The summed E-state index contributed by atoms with van der Waals surface area (Å²) in [7, 11) is -3.94. The van der Waals surface area contributed by atoms with Crippen LogP contribution in [0.1, 0.15) is 27.2 Å². The van der Waals surface area contributed by atoms with Crippen LogP contribution in [0.2, 0.25) is 0 Å². The zero-order valence-corrected chi connectivity index (χ0v) is 13.5. The van der Waals surface area contributed by atoms with Crippen molar-refractivity contribution in [2.75, 3.05) is 5.32 Å². The van der Waals surface area contributed by atoms with Crippen LogP contribution in [0.25, 0.3) is 0 Å². The summed E-state index contributed by atoms with van der Waals surface area (Å²) in [5.41, 5.74) is 0.476. The topological polar surface area (TPSA) is 113 Å². The number of carboxylic acid groups (broad SMARTS) is 1. The van der Waals surface area contributed by atoms with Crippen molar-refractivity contribution in [3.05, 3.63) is 24.3 Å². The van der Waals surface area contributed by atoms with E-state index in [9.17, 15) is 18.0 Å². The molecule has 0 saturated heterocycles. The SMILES string of the molecule is CCC(=O)Nc1ccc(S(=O)(=O)NC(C(=O)O)C(C)C)cc1. The lowest BCUT2D eigenvalue weighted by Gasteiger charge is -2.18. The molecule has 8 heteroatoms. The third-order valence-corrected chi connectivity index (χ3v) is 4.44. The van der Waals surface area contributed by atoms with Gasteiger partial charge in [0.25, 0.3) is 0 Å². The van der Waals surface area contributed by atoms with Gasteiger partial charge in [-0.3, -0.25) is 9.59 Å². The molecule has 0 bridgehead atoms. The van der Waals surface area contributed by atoms with Gasteiger partial charge in [-0.15, -0.1) is 0 Å². The molecule has 0 aliphatic heterocycles. The van der Waals surface area contributed by atoms with E-state index in [0.29, 0.717) is 12.1 Å². The maximum absolute atomic E-state index is 12.2. The summed E-state index contributed by atoms with van der Waals surface area (Å²) in [6.45, 7) is 4.94. The van der Waals surface area contributed by atoms with E-state index >= 15 is 0 Å². The molecule has 0 fully saturated rings. The van der Waals surface area contributed by atoms with Gasteiger partial charge in [-0.05, 0) is 30.2 Å². The van der Waals surface area contributed by atoms with Gasteiger partial charge in [0.05, 0.1) is 4.90 Å². The standard InChI is InChI=1S/C14H20N2O5S/c1-4-12(17)15-10-5-7-11(8-6-10)22(20,21)16-13(9(2)3)14(18)19/h5-9,13,16H,4H2,1-3H3,(H,15,17)(H,18,19). The summed E-state index contributed by atoms with van der Waals surface area (Å²) in [5.74, 6) is -1.81. The number of carbonyl (C=O) groups excluding carboxylic acids is 1. The summed E-state index contributed by atoms with van der Waals surface area (Å²) >= 11 is 0. The highest BCUT2D eigenvalue weighted by molar-refractivity contribution is 7.89. The van der Waals surface area contributed by atoms with E-state index in [2.05, 4.69) is 10.0 Å². The number of carboxylic acids is 1. The first kappa shape index (κ1) is 18.1. The van der Waals surface area contributed by atoms with Crippen LogP contribution in [0.4, 0.5) is 5.69 Å². The lowest BCUT2D eigenvalue weighted by molar-refractivity contribution is -0.140. The summed E-state index contributed by atoms with van der Waals surface area (Å²) in [6, 6.07) is 4.32. The first-order valence-corrected chi connectivity index (χ1v) is 8.30. The minimum absolute atomic E-state index is 0.0612. The lowest BCUT2D eigenvalue weighted by Crippen LogP contribution is -2.44. The summed E-state index contributed by atoms with van der Waals surface area (Å²) < 4.78 is 26.5. The molecule has 7 nitrogen and oxygen atoms in total. The van der Waals surface area contributed by atoms with Crippen LogP contribution in [0.5, 0.6) is 0 Å². The van der Waals surface area contributed by atoms with Crippen LogP contribution in [0, 0.1) is 5.92 Å². The molecule has 0 saturated carbocycles. The molecular formula is C14H20N2O5S. The van der Waals surface area contributed by atoms with Crippen molar-refractivity contribution in [1.29, 1.82) is 0 Å². The van der Waals surface area contributed by atoms with Crippen molar-refractivity contribution in [1.82, 2.24) is 4.72 Å². The summed E-state index contributed by atoms with van der Waals surface area (Å²) in [5, 5.41) is 11.6. The highest BCUT2D eigenvalue weighted by Crippen LogP contribution is 2.16. The minimum atomic E-state index is -3.94. The Morgan fingerprint density at radius 3 is 2.14 bits per heavy atom. The van der Waals surface area contributed by atoms with Crippen molar-refractivity contribution in [2.24, 2.45) is 5.92 Å². The van der Waals surface area contributed by atoms with Gasteiger partial charge in [-0.25, -0.2) is 8.42 Å². The van der Waals surface area contributed by atoms with Crippen LogP contribution >= 0.6 is 0 Å². The Hall–Kier alpha value is -1.93. The van der Waals surface area contributed by atoms with E-state index in [0.717, 1.165) is 0 Å². The van der Waals surface area contributed by atoms with Gasteiger partial charge in [0.15, 0.2) is 0 Å². The van der Waals surface area contributed by atoms with E-state index in [1.807, 2.05) is 0 Å². The number of rotatable bonds is 7. The first-order valence-electron chi connectivity index (χ1n) is 6.82. The second-order valence-electron chi connectivity index (χ2n) is 5.11. The molecule has 0 aromatic heterocycles. The van der Waals surface area contributed by atoms with E-state index in [1.54, 1.807) is 20.8 Å². The Bertz CT molecular complexity index is 638. The molecule has 1 rings (SSSR count). The van der Waals surface area contributed by atoms with Gasteiger partial charge in [-0.1, -0.05) is 20.8 Å². The van der Waals surface area contributed by atoms with Crippen molar-refractivity contribution < 1.29 is 23.1 Å². The zero-order valence-electron chi connectivity index (χ0n) is 12.7. The molecule has 0 spiro atoms. The smallest absolute Gasteiger partial charge is 0.322 e. The molecule has 1 unspecified atom stereocenters. The molecule has 1 aromatic carbocycles. The largest absolute Gasteiger partial charge is 0.480 e. The van der Waals surface area contributed by atoms with Crippen molar-refractivity contribution in [3.63, 3.8) is 0 Å². The van der Waals surface area contributed by atoms with Crippen LogP contribution in [0.15, 0.2) is 29.2 Å². The molecule has 0 heterocycles. The number of nitrogens with one attached hydrogen (secondary N) is 2. The molecule has 122 valence electrons. The van der Waals surface area contributed by atoms with Gasteiger partial charge in [0.2, 0.25) is 15.9 Å². The fraction of sp³-hybridized carbons (Fsp3) is 0.429. The Labute approximate surface area is 129 Å². The number of sulfonamides is 1. The number of amides is 1. The molecular weight excluding hydrogens is 308 g/mol. The normalized spacial score (nSPS) is 12.9. The molecule has 3 N–H and O–H groups in total. The third-order valence-electron chi connectivity index (χ3n) is 2.98. The number of benzene rings is 1. The monoisotopic (exact) mass is 328 g/mol. The summed E-state index contributed by atoms with van der Waals surface area (Å²) in [4.78, 5) is 22.3. The van der Waals surface area contributed by atoms with E-state index in [4.69, 9.17) is 5.11 Å². The second-order valence-corrected chi connectivity index (χ2v) is 6.82. The third kappa shape index (κ3) is 4.81. The van der Waals surface area contributed by atoms with Gasteiger partial charge < -0.3 is 10.4 Å². The summed E-state index contributed by atoms with van der Waals surface area (Å²) in [6.07, 6.45) is 0.316. The Morgan fingerprint density at radius 2 is 1.73 bits per heavy atom. The zero-order chi connectivity index (χ0) is 16.9. The maximum atomic E-state index is 12.2. The minimum Gasteiger partial charge on any atom is -0.480 e. The lowest BCUT2D eigenvalue weighted by atomic mass is 10.1. The van der Waals surface area contributed by atoms with Crippen molar-refractivity contribution >= 4 is 27.6 Å². The van der Waals surface area contributed by atoms with Crippen LogP contribution < -0.4 is 10.0 Å². The molecule has 1 atom stereocenters. The Kier molecular flexibility index (Phi) is 6.07. The maximum Gasteiger partial charge on any atom is 0.322 e. The van der Waals surface area contributed by atoms with Gasteiger partial charge in [-0.2, -0.15) is 4.72 Å². The number of hydrogen-bond donors (Lipinski definition) is 3. The molecule has 0 aliphatic carbocycles. The van der Waals surface area contributed by atoms with Gasteiger partial charge in [0.1, 0.15) is 6.04 Å². The fourth-order valence-corrected chi connectivity index (χ4v) is 3.01. The van der Waals surface area contributed by atoms with Gasteiger partial charge >= 0.3 is 5.97 Å². The highest BCUT2D eigenvalue weighted by Gasteiger charge is 2.27. The number of carbonyl (C=O) groups is 2.